The molecule has 0 aromatic carbocycles. The van der Waals surface area contributed by atoms with Gasteiger partial charge in [-0.05, 0) is 12.5 Å². The molecule has 8 nitrogen and oxygen atoms in total. The largest absolute Gasteiger partial charge is 0.477 e. The number of aromatic nitrogens is 2. The molecule has 1 fully saturated rings. The minimum Gasteiger partial charge on any atom is -0.477 e. The summed E-state index contributed by atoms with van der Waals surface area (Å²) in [4.78, 5) is 44.6. The number of carboxylic acids is 1. The summed E-state index contributed by atoms with van der Waals surface area (Å²) < 4.78 is 1.69. The predicted octanol–water partition coefficient (Wildman–Crippen LogP) is 2.22. The van der Waals surface area contributed by atoms with E-state index in [9.17, 15) is 19.5 Å². The molecule has 0 radical (unpaired) electrons. The van der Waals surface area contributed by atoms with E-state index in [0.29, 0.717) is 56.3 Å². The number of aromatic carboxylic acids is 1. The zero-order valence-electron chi connectivity index (χ0n) is 16.2. The number of pyridine rings is 2. The molecule has 29 heavy (non-hydrogen) atoms. The van der Waals surface area contributed by atoms with E-state index >= 15 is 0 Å². The van der Waals surface area contributed by atoms with Crippen LogP contribution in [0.15, 0.2) is 10.9 Å². The van der Waals surface area contributed by atoms with Crippen molar-refractivity contribution in [2.75, 3.05) is 37.0 Å². The maximum Gasteiger partial charge on any atom is 0.341 e. The standard InChI is InChI=1S/C19H22Cl2N4O4/c1-3-14-15(19(28)29)16(27)12-10-13(21)18(22-17(12)25(14)5-4-20)24-8-6-23(7-9-24)11(2)26/h10H,3-9H2,1-2H3,(H,28,29). The number of hydrogen-bond acceptors (Lipinski definition) is 5. The van der Waals surface area contributed by atoms with Crippen LogP contribution < -0.4 is 10.3 Å². The Hall–Kier alpha value is -2.32. The van der Waals surface area contributed by atoms with Crippen molar-refractivity contribution in [3.05, 3.63) is 32.6 Å². The lowest BCUT2D eigenvalue weighted by Gasteiger charge is -2.35. The molecule has 10 heteroatoms. The SMILES string of the molecule is CCc1c(C(=O)O)c(=O)c2cc(Cl)c(N3CCN(C(C)=O)CC3)nc2n1CCCl. The number of amides is 1. The smallest absolute Gasteiger partial charge is 0.341 e. The Kier molecular flexibility index (Phi) is 6.33. The van der Waals surface area contributed by atoms with Crippen LogP contribution in [0.2, 0.25) is 5.02 Å². The van der Waals surface area contributed by atoms with Gasteiger partial charge in [-0.1, -0.05) is 18.5 Å². The molecule has 0 aliphatic carbocycles. The number of carbonyl (C=O) groups is 2. The van der Waals surface area contributed by atoms with E-state index in [0.717, 1.165) is 0 Å². The molecule has 0 unspecified atom stereocenters. The van der Waals surface area contributed by atoms with Gasteiger partial charge >= 0.3 is 5.97 Å². The van der Waals surface area contributed by atoms with Gasteiger partial charge in [0.25, 0.3) is 0 Å². The van der Waals surface area contributed by atoms with Crippen LogP contribution in [0.1, 0.15) is 29.9 Å². The molecular formula is C19H22Cl2N4O4. The first-order valence-electron chi connectivity index (χ1n) is 9.35. The van der Waals surface area contributed by atoms with E-state index in [4.69, 9.17) is 23.2 Å². The lowest BCUT2D eigenvalue weighted by Crippen LogP contribution is -2.48. The first-order chi connectivity index (χ1) is 13.8. The van der Waals surface area contributed by atoms with Gasteiger partial charge in [0.2, 0.25) is 11.3 Å². The van der Waals surface area contributed by atoms with Crippen LogP contribution in [0.5, 0.6) is 0 Å². The number of nitrogens with zero attached hydrogens (tertiary/aromatic N) is 4. The van der Waals surface area contributed by atoms with Crippen LogP contribution in [-0.2, 0) is 17.8 Å². The summed E-state index contributed by atoms with van der Waals surface area (Å²) in [6.45, 7) is 5.87. The second kappa shape index (κ2) is 8.59. The minimum absolute atomic E-state index is 0.0203. The third-order valence-electron chi connectivity index (χ3n) is 5.16. The van der Waals surface area contributed by atoms with Gasteiger partial charge in [-0.2, -0.15) is 0 Å². The van der Waals surface area contributed by atoms with Crippen LogP contribution in [0.4, 0.5) is 5.82 Å². The van der Waals surface area contributed by atoms with Gasteiger partial charge in [0.05, 0.1) is 10.4 Å². The Morgan fingerprint density at radius 3 is 2.41 bits per heavy atom. The van der Waals surface area contributed by atoms with Crippen molar-refractivity contribution in [2.24, 2.45) is 0 Å². The number of carbonyl (C=O) groups excluding carboxylic acids is 1. The molecule has 1 amide bonds. The van der Waals surface area contributed by atoms with Crippen molar-refractivity contribution >= 4 is 51.9 Å². The van der Waals surface area contributed by atoms with Crippen LogP contribution >= 0.6 is 23.2 Å². The normalized spacial score (nSPS) is 14.5. The minimum atomic E-state index is -1.28. The third-order valence-corrected chi connectivity index (χ3v) is 5.61. The molecule has 0 bridgehead atoms. The summed E-state index contributed by atoms with van der Waals surface area (Å²) in [5, 5.41) is 10.0. The number of carboxylic acid groups (broad SMARTS) is 1. The number of anilines is 1. The van der Waals surface area contributed by atoms with Gasteiger partial charge in [-0.25, -0.2) is 9.78 Å². The highest BCUT2D eigenvalue weighted by atomic mass is 35.5. The molecule has 1 N–H and O–H groups in total. The molecule has 156 valence electrons. The number of fused-ring (bicyclic) bond motifs is 1. The number of hydrogen-bond donors (Lipinski definition) is 1. The first kappa shape index (κ1) is 21.4. The first-order valence-corrected chi connectivity index (χ1v) is 10.3. The van der Waals surface area contributed by atoms with E-state index in [1.54, 1.807) is 16.4 Å². The summed E-state index contributed by atoms with van der Waals surface area (Å²) in [7, 11) is 0. The Balaban J connectivity index is 2.19. The Labute approximate surface area is 177 Å². The van der Waals surface area contributed by atoms with Gasteiger partial charge in [0, 0.05) is 51.2 Å². The highest BCUT2D eigenvalue weighted by Gasteiger charge is 2.26. The highest BCUT2D eigenvalue weighted by Crippen LogP contribution is 2.29. The Bertz CT molecular complexity index is 1030. The fraction of sp³-hybridized carbons (Fsp3) is 0.474. The van der Waals surface area contributed by atoms with Gasteiger partial charge < -0.3 is 19.5 Å². The molecule has 3 rings (SSSR count). The summed E-state index contributed by atoms with van der Waals surface area (Å²) in [6.07, 6.45) is 0.348. The number of rotatable bonds is 5. The quantitative estimate of drug-likeness (QED) is 0.715. The topological polar surface area (TPSA) is 95.7 Å². The summed E-state index contributed by atoms with van der Waals surface area (Å²) >= 11 is 12.4. The molecule has 3 heterocycles. The van der Waals surface area contributed by atoms with Crippen molar-refractivity contribution in [3.8, 4) is 0 Å². The molecule has 1 aliphatic rings. The van der Waals surface area contributed by atoms with Crippen LogP contribution in [0.3, 0.4) is 0 Å². The second-order valence-electron chi connectivity index (χ2n) is 6.81. The van der Waals surface area contributed by atoms with Crippen molar-refractivity contribution in [1.82, 2.24) is 14.5 Å². The predicted molar refractivity (Wildman–Crippen MR) is 113 cm³/mol. The monoisotopic (exact) mass is 440 g/mol. The van der Waals surface area contributed by atoms with Crippen molar-refractivity contribution in [3.63, 3.8) is 0 Å². The lowest BCUT2D eigenvalue weighted by atomic mass is 10.1. The Morgan fingerprint density at radius 2 is 1.90 bits per heavy atom. The van der Waals surface area contributed by atoms with Crippen molar-refractivity contribution in [2.45, 2.75) is 26.8 Å². The number of aryl methyl sites for hydroxylation is 1. The zero-order valence-corrected chi connectivity index (χ0v) is 17.8. The lowest BCUT2D eigenvalue weighted by molar-refractivity contribution is -0.129. The molecule has 1 saturated heterocycles. The van der Waals surface area contributed by atoms with Gasteiger partial charge in [0.15, 0.2) is 0 Å². The van der Waals surface area contributed by atoms with Gasteiger partial charge in [-0.3, -0.25) is 9.59 Å². The van der Waals surface area contributed by atoms with E-state index in [-0.39, 0.29) is 27.8 Å². The van der Waals surface area contributed by atoms with Crippen molar-refractivity contribution < 1.29 is 14.7 Å². The van der Waals surface area contributed by atoms with E-state index < -0.39 is 11.4 Å². The van der Waals surface area contributed by atoms with Crippen LogP contribution in [0.25, 0.3) is 11.0 Å². The maximum atomic E-state index is 12.9. The van der Waals surface area contributed by atoms with Crippen LogP contribution in [0, 0.1) is 0 Å². The van der Waals surface area contributed by atoms with E-state index in [1.165, 1.54) is 13.0 Å². The number of piperazine rings is 1. The fourth-order valence-electron chi connectivity index (χ4n) is 3.74. The number of halogens is 2. The molecule has 0 spiro atoms. The molecule has 0 saturated carbocycles. The maximum absolute atomic E-state index is 12.9. The number of alkyl halides is 1. The second-order valence-corrected chi connectivity index (χ2v) is 7.59. The molecular weight excluding hydrogens is 419 g/mol. The zero-order chi connectivity index (χ0) is 21.3. The summed E-state index contributed by atoms with van der Waals surface area (Å²) in [5.74, 6) is -0.513. The van der Waals surface area contributed by atoms with Crippen molar-refractivity contribution in [1.29, 1.82) is 0 Å². The molecule has 0 atom stereocenters. The fourth-order valence-corrected chi connectivity index (χ4v) is 4.18. The molecule has 1 aliphatic heterocycles. The molecule has 2 aromatic heterocycles. The van der Waals surface area contributed by atoms with Gasteiger partial charge in [0.1, 0.15) is 17.0 Å². The van der Waals surface area contributed by atoms with Gasteiger partial charge in [-0.15, -0.1) is 11.6 Å². The Morgan fingerprint density at radius 1 is 1.24 bits per heavy atom. The molecule has 2 aromatic rings. The summed E-state index contributed by atoms with van der Waals surface area (Å²) in [5.41, 5.74) is -0.118. The average Bonchev–Trinajstić information content (AvgIpc) is 2.69. The average molecular weight is 441 g/mol. The van der Waals surface area contributed by atoms with E-state index in [2.05, 4.69) is 4.98 Å². The van der Waals surface area contributed by atoms with Crippen LogP contribution in [-0.4, -0.2) is 63.5 Å². The summed E-state index contributed by atoms with van der Waals surface area (Å²) in [6, 6.07) is 1.48. The third kappa shape index (κ3) is 3.91. The highest BCUT2D eigenvalue weighted by molar-refractivity contribution is 6.33. The van der Waals surface area contributed by atoms with E-state index in [1.807, 2.05) is 4.90 Å².